The maximum atomic E-state index is 12.6. The first-order valence-corrected chi connectivity index (χ1v) is 8.48. The van der Waals surface area contributed by atoms with E-state index in [1.165, 1.54) is 25.3 Å². The van der Waals surface area contributed by atoms with E-state index < -0.39 is 6.55 Å². The van der Waals surface area contributed by atoms with Crippen LogP contribution in [0, 0.1) is 5.92 Å². The molecule has 3 rings (SSSR count). The van der Waals surface area contributed by atoms with Crippen molar-refractivity contribution in [3.63, 3.8) is 0 Å². The van der Waals surface area contributed by atoms with Gasteiger partial charge < -0.3 is 9.80 Å². The van der Waals surface area contributed by atoms with E-state index in [2.05, 4.69) is 10.00 Å². The highest BCUT2D eigenvalue weighted by Gasteiger charge is 2.27. The quantitative estimate of drug-likeness (QED) is 0.854. The molecule has 5 nitrogen and oxygen atoms in total. The van der Waals surface area contributed by atoms with Gasteiger partial charge in [-0.25, -0.2) is 4.68 Å². The van der Waals surface area contributed by atoms with Gasteiger partial charge in [0.25, 0.3) is 5.91 Å². The molecule has 1 aromatic heterocycles. The predicted molar refractivity (Wildman–Crippen MR) is 82.4 cm³/mol. The monoisotopic (exact) mass is 326 g/mol. The fourth-order valence-electron chi connectivity index (χ4n) is 3.63. The van der Waals surface area contributed by atoms with E-state index in [0.717, 1.165) is 38.7 Å². The van der Waals surface area contributed by atoms with Gasteiger partial charge in [0.1, 0.15) is 0 Å². The van der Waals surface area contributed by atoms with Crippen LogP contribution < -0.4 is 0 Å². The second-order valence-corrected chi connectivity index (χ2v) is 6.58. The Balaban J connectivity index is 1.57. The standard InChI is InChI=1S/C16H24F2N4O/c17-16(18)22-10-6-14(19-22)15(23)21-9-4-5-13(12-21)11-20-7-2-1-3-8-20/h6,10,13,16H,1-5,7-9,11-12H2. The summed E-state index contributed by atoms with van der Waals surface area (Å²) in [6, 6.07) is 1.38. The third-order valence-corrected chi connectivity index (χ3v) is 4.80. The summed E-state index contributed by atoms with van der Waals surface area (Å²) in [6.45, 7) is 2.04. The van der Waals surface area contributed by atoms with Crippen LogP contribution in [0.1, 0.15) is 49.1 Å². The molecule has 2 aliphatic heterocycles. The first-order chi connectivity index (χ1) is 11.1. The molecule has 2 aliphatic rings. The average molecular weight is 326 g/mol. The topological polar surface area (TPSA) is 41.4 Å². The van der Waals surface area contributed by atoms with Crippen LogP contribution in [-0.2, 0) is 0 Å². The number of halogens is 2. The SMILES string of the molecule is O=C(c1ccn(C(F)F)n1)N1CCCC(CN2CCCCC2)C1. The molecule has 2 fully saturated rings. The van der Waals surface area contributed by atoms with E-state index in [9.17, 15) is 13.6 Å². The van der Waals surface area contributed by atoms with Gasteiger partial charge in [-0.3, -0.25) is 4.79 Å². The van der Waals surface area contributed by atoms with E-state index >= 15 is 0 Å². The van der Waals surface area contributed by atoms with E-state index in [-0.39, 0.29) is 11.6 Å². The number of piperidine rings is 2. The van der Waals surface area contributed by atoms with Gasteiger partial charge in [-0.1, -0.05) is 6.42 Å². The Morgan fingerprint density at radius 3 is 2.70 bits per heavy atom. The summed E-state index contributed by atoms with van der Waals surface area (Å²) in [5.74, 6) is 0.246. The summed E-state index contributed by atoms with van der Waals surface area (Å²) < 4.78 is 25.7. The largest absolute Gasteiger partial charge is 0.337 e. The lowest BCUT2D eigenvalue weighted by atomic mass is 9.96. The van der Waals surface area contributed by atoms with E-state index in [1.807, 2.05) is 0 Å². The molecule has 0 N–H and O–H groups in total. The van der Waals surface area contributed by atoms with Gasteiger partial charge in [-0.05, 0) is 50.8 Å². The molecule has 1 amide bonds. The van der Waals surface area contributed by atoms with Crippen molar-refractivity contribution >= 4 is 5.91 Å². The van der Waals surface area contributed by atoms with Crippen molar-refractivity contribution in [1.82, 2.24) is 19.6 Å². The Bertz CT molecular complexity index is 528. The molecule has 7 heteroatoms. The number of aromatic nitrogens is 2. The highest BCUT2D eigenvalue weighted by Crippen LogP contribution is 2.21. The van der Waals surface area contributed by atoms with Crippen molar-refractivity contribution in [2.75, 3.05) is 32.7 Å². The zero-order chi connectivity index (χ0) is 16.2. The lowest BCUT2D eigenvalue weighted by Gasteiger charge is -2.36. The molecular formula is C16H24F2N4O. The highest BCUT2D eigenvalue weighted by atomic mass is 19.3. The van der Waals surface area contributed by atoms with E-state index in [4.69, 9.17) is 0 Å². The molecule has 1 unspecified atom stereocenters. The van der Waals surface area contributed by atoms with Gasteiger partial charge >= 0.3 is 6.55 Å². The minimum Gasteiger partial charge on any atom is -0.337 e. The fraction of sp³-hybridized carbons (Fsp3) is 0.750. The van der Waals surface area contributed by atoms with Gasteiger partial charge in [0, 0.05) is 25.8 Å². The van der Waals surface area contributed by atoms with Crippen LogP contribution in [0.4, 0.5) is 8.78 Å². The minimum absolute atomic E-state index is 0.115. The number of rotatable bonds is 4. The lowest BCUT2D eigenvalue weighted by Crippen LogP contribution is -2.44. The van der Waals surface area contributed by atoms with Crippen LogP contribution in [0.2, 0.25) is 0 Å². The van der Waals surface area contributed by atoms with E-state index in [1.54, 1.807) is 4.90 Å². The van der Waals surface area contributed by atoms with Crippen LogP contribution in [-0.4, -0.2) is 58.2 Å². The van der Waals surface area contributed by atoms with Gasteiger partial charge in [-0.2, -0.15) is 13.9 Å². The molecule has 1 aromatic rings. The van der Waals surface area contributed by atoms with Crippen LogP contribution >= 0.6 is 0 Å². The number of carbonyl (C=O) groups is 1. The number of alkyl halides is 2. The highest BCUT2D eigenvalue weighted by molar-refractivity contribution is 5.92. The number of likely N-dealkylation sites (tertiary alicyclic amines) is 2. The first-order valence-electron chi connectivity index (χ1n) is 8.48. The lowest BCUT2D eigenvalue weighted by molar-refractivity contribution is 0.0534. The second-order valence-electron chi connectivity index (χ2n) is 6.58. The summed E-state index contributed by atoms with van der Waals surface area (Å²) in [6.07, 6.45) is 7.11. The Hall–Kier alpha value is -1.50. The van der Waals surface area contributed by atoms with Crippen LogP contribution in [0.5, 0.6) is 0 Å². The number of nitrogens with zero attached hydrogens (tertiary/aromatic N) is 4. The normalized spacial score (nSPS) is 23.4. The summed E-state index contributed by atoms with van der Waals surface area (Å²) in [7, 11) is 0. The maximum Gasteiger partial charge on any atom is 0.333 e. The Kier molecular flexibility index (Phi) is 5.25. The summed E-state index contributed by atoms with van der Waals surface area (Å²) in [5.41, 5.74) is 0.115. The summed E-state index contributed by atoms with van der Waals surface area (Å²) >= 11 is 0. The van der Waals surface area contributed by atoms with Crippen molar-refractivity contribution in [2.45, 2.75) is 38.7 Å². The molecule has 0 aromatic carbocycles. The number of amides is 1. The van der Waals surface area contributed by atoms with Crippen LogP contribution in [0.3, 0.4) is 0 Å². The molecule has 2 saturated heterocycles. The summed E-state index contributed by atoms with van der Waals surface area (Å²) in [5, 5.41) is 3.69. The van der Waals surface area contributed by atoms with Gasteiger partial charge in [0.05, 0.1) is 0 Å². The molecule has 0 radical (unpaired) electrons. The van der Waals surface area contributed by atoms with Crippen molar-refractivity contribution < 1.29 is 13.6 Å². The van der Waals surface area contributed by atoms with Crippen LogP contribution in [0.15, 0.2) is 12.3 Å². The molecule has 3 heterocycles. The predicted octanol–water partition coefficient (Wildman–Crippen LogP) is 2.62. The average Bonchev–Trinajstić information content (AvgIpc) is 3.06. The van der Waals surface area contributed by atoms with E-state index in [0.29, 0.717) is 23.7 Å². The molecule has 128 valence electrons. The zero-order valence-corrected chi connectivity index (χ0v) is 13.3. The third-order valence-electron chi connectivity index (χ3n) is 4.80. The van der Waals surface area contributed by atoms with Crippen molar-refractivity contribution in [2.24, 2.45) is 5.92 Å². The third kappa shape index (κ3) is 4.07. The van der Waals surface area contributed by atoms with Gasteiger partial charge in [0.15, 0.2) is 5.69 Å². The minimum atomic E-state index is -2.70. The smallest absolute Gasteiger partial charge is 0.333 e. The molecule has 0 bridgehead atoms. The Morgan fingerprint density at radius 2 is 2.00 bits per heavy atom. The number of carbonyl (C=O) groups excluding carboxylic acids is 1. The fourth-order valence-corrected chi connectivity index (χ4v) is 3.63. The molecule has 0 saturated carbocycles. The number of hydrogen-bond donors (Lipinski definition) is 0. The molecule has 0 spiro atoms. The van der Waals surface area contributed by atoms with Crippen molar-refractivity contribution in [3.8, 4) is 0 Å². The van der Waals surface area contributed by atoms with Crippen molar-refractivity contribution in [1.29, 1.82) is 0 Å². The van der Waals surface area contributed by atoms with Crippen LogP contribution in [0.25, 0.3) is 0 Å². The molecule has 1 atom stereocenters. The molecule has 0 aliphatic carbocycles. The van der Waals surface area contributed by atoms with Gasteiger partial charge in [-0.15, -0.1) is 0 Å². The Morgan fingerprint density at radius 1 is 1.22 bits per heavy atom. The molecular weight excluding hydrogens is 302 g/mol. The maximum absolute atomic E-state index is 12.6. The first kappa shape index (κ1) is 16.4. The van der Waals surface area contributed by atoms with Gasteiger partial charge in [0.2, 0.25) is 0 Å². The Labute approximate surface area is 135 Å². The second kappa shape index (κ2) is 7.38. The summed E-state index contributed by atoms with van der Waals surface area (Å²) in [4.78, 5) is 16.7. The number of hydrogen-bond acceptors (Lipinski definition) is 3. The van der Waals surface area contributed by atoms with Crippen molar-refractivity contribution in [3.05, 3.63) is 18.0 Å². The zero-order valence-electron chi connectivity index (χ0n) is 13.3. The molecule has 23 heavy (non-hydrogen) atoms.